The molecule has 2 aromatic heterocycles. The predicted molar refractivity (Wildman–Crippen MR) is 89.4 cm³/mol. The van der Waals surface area contributed by atoms with E-state index in [1.807, 2.05) is 57.2 Å². The molecular weight excluding hydrogens is 288 g/mol. The molecular formula is C18H20N4O. The Hall–Kier alpha value is -2.69. The molecule has 0 aliphatic heterocycles. The Bertz CT molecular complexity index is 839. The van der Waals surface area contributed by atoms with Gasteiger partial charge in [-0.1, -0.05) is 37.3 Å². The topological polar surface area (TPSA) is 59.3 Å². The number of hydrogen-bond acceptors (Lipinski definition) is 3. The summed E-state index contributed by atoms with van der Waals surface area (Å²) >= 11 is 0. The second-order valence-corrected chi connectivity index (χ2v) is 5.69. The predicted octanol–water partition coefficient (Wildman–Crippen LogP) is 3.23. The standard InChI is InChI=1S/C18H20N4O/c1-4-15(14-8-6-5-7-9-14)20-18(23)17-19-11-16-12(2)10-13(3)21-22(16)17/h5-11,15H,4H2,1-3H3,(H,20,23). The van der Waals surface area contributed by atoms with Crippen molar-refractivity contribution in [3.8, 4) is 0 Å². The third-order valence-corrected chi connectivity index (χ3v) is 3.94. The second-order valence-electron chi connectivity index (χ2n) is 5.69. The molecule has 0 spiro atoms. The number of imidazole rings is 1. The van der Waals surface area contributed by atoms with Crippen LogP contribution in [0.1, 0.15) is 46.8 Å². The van der Waals surface area contributed by atoms with Gasteiger partial charge in [0.05, 0.1) is 23.4 Å². The lowest BCUT2D eigenvalue weighted by atomic mass is 10.0. The van der Waals surface area contributed by atoms with E-state index in [0.29, 0.717) is 5.82 Å². The van der Waals surface area contributed by atoms with Crippen LogP contribution in [-0.4, -0.2) is 20.5 Å². The van der Waals surface area contributed by atoms with Gasteiger partial charge in [0, 0.05) is 0 Å². The molecule has 1 unspecified atom stereocenters. The molecule has 0 radical (unpaired) electrons. The molecule has 0 aliphatic rings. The zero-order valence-corrected chi connectivity index (χ0v) is 13.6. The van der Waals surface area contributed by atoms with E-state index in [1.165, 1.54) is 0 Å². The lowest BCUT2D eigenvalue weighted by molar-refractivity contribution is 0.0923. The van der Waals surface area contributed by atoms with Crippen molar-refractivity contribution in [2.24, 2.45) is 0 Å². The Balaban J connectivity index is 1.92. The minimum absolute atomic E-state index is 0.0399. The van der Waals surface area contributed by atoms with Gasteiger partial charge in [-0.3, -0.25) is 4.79 Å². The summed E-state index contributed by atoms with van der Waals surface area (Å²) in [6.45, 7) is 5.95. The number of fused-ring (bicyclic) bond motifs is 1. The highest BCUT2D eigenvalue weighted by atomic mass is 16.2. The summed E-state index contributed by atoms with van der Waals surface area (Å²) in [5.41, 5.74) is 3.86. The van der Waals surface area contributed by atoms with Crippen LogP contribution in [-0.2, 0) is 0 Å². The van der Waals surface area contributed by atoms with Crippen molar-refractivity contribution in [2.75, 3.05) is 0 Å². The molecule has 0 fully saturated rings. The van der Waals surface area contributed by atoms with E-state index in [1.54, 1.807) is 10.7 Å². The molecule has 3 rings (SSSR count). The highest BCUT2D eigenvalue weighted by Crippen LogP contribution is 2.17. The molecule has 0 saturated carbocycles. The first-order valence-electron chi connectivity index (χ1n) is 7.78. The number of amides is 1. The third kappa shape index (κ3) is 2.95. The molecule has 5 nitrogen and oxygen atoms in total. The quantitative estimate of drug-likeness (QED) is 0.805. The summed E-state index contributed by atoms with van der Waals surface area (Å²) in [5, 5.41) is 7.47. The SMILES string of the molecule is CCC(NC(=O)c1ncc2c(C)cc(C)nn12)c1ccccc1. The number of carbonyl (C=O) groups excluding carboxylic acids is 1. The van der Waals surface area contributed by atoms with Crippen LogP contribution < -0.4 is 5.32 Å². The maximum Gasteiger partial charge on any atom is 0.289 e. The van der Waals surface area contributed by atoms with E-state index in [-0.39, 0.29) is 11.9 Å². The van der Waals surface area contributed by atoms with Gasteiger partial charge in [-0.25, -0.2) is 9.50 Å². The molecule has 1 amide bonds. The van der Waals surface area contributed by atoms with Gasteiger partial charge in [-0.2, -0.15) is 5.10 Å². The van der Waals surface area contributed by atoms with Crippen molar-refractivity contribution >= 4 is 11.4 Å². The van der Waals surface area contributed by atoms with Crippen molar-refractivity contribution < 1.29 is 4.79 Å². The maximum absolute atomic E-state index is 12.7. The van der Waals surface area contributed by atoms with Crippen LogP contribution in [0.3, 0.4) is 0 Å². The Morgan fingerprint density at radius 2 is 2.00 bits per heavy atom. The first kappa shape index (κ1) is 15.2. The van der Waals surface area contributed by atoms with E-state index in [2.05, 4.69) is 15.4 Å². The van der Waals surface area contributed by atoms with Crippen molar-refractivity contribution in [1.29, 1.82) is 0 Å². The smallest absolute Gasteiger partial charge is 0.289 e. The molecule has 0 aliphatic carbocycles. The number of aromatic nitrogens is 3. The third-order valence-electron chi connectivity index (χ3n) is 3.94. The van der Waals surface area contributed by atoms with Crippen molar-refractivity contribution in [3.63, 3.8) is 0 Å². The molecule has 3 aromatic rings. The van der Waals surface area contributed by atoms with E-state index < -0.39 is 0 Å². The average molecular weight is 308 g/mol. The normalized spacial score (nSPS) is 12.3. The van der Waals surface area contributed by atoms with Crippen molar-refractivity contribution in [3.05, 3.63) is 65.2 Å². The van der Waals surface area contributed by atoms with Crippen LogP contribution in [0.4, 0.5) is 0 Å². The first-order chi connectivity index (χ1) is 11.1. The fourth-order valence-corrected chi connectivity index (χ4v) is 2.77. The van der Waals surface area contributed by atoms with Gasteiger partial charge in [0.25, 0.3) is 5.91 Å². The Kier molecular flexibility index (Phi) is 4.10. The summed E-state index contributed by atoms with van der Waals surface area (Å²) in [6, 6.07) is 11.9. The number of carbonyl (C=O) groups is 1. The lowest BCUT2D eigenvalue weighted by Gasteiger charge is -2.16. The lowest BCUT2D eigenvalue weighted by Crippen LogP contribution is -2.30. The number of nitrogens with one attached hydrogen (secondary N) is 1. The molecule has 5 heteroatoms. The monoisotopic (exact) mass is 308 g/mol. The average Bonchev–Trinajstić information content (AvgIpc) is 2.97. The van der Waals surface area contributed by atoms with E-state index >= 15 is 0 Å². The zero-order valence-electron chi connectivity index (χ0n) is 13.6. The molecule has 23 heavy (non-hydrogen) atoms. The first-order valence-corrected chi connectivity index (χ1v) is 7.78. The minimum Gasteiger partial charge on any atom is -0.343 e. The summed E-state index contributed by atoms with van der Waals surface area (Å²) in [7, 11) is 0. The van der Waals surface area contributed by atoms with Gasteiger partial charge in [-0.05, 0) is 37.5 Å². The molecule has 0 bridgehead atoms. The highest BCUT2D eigenvalue weighted by Gasteiger charge is 2.19. The van der Waals surface area contributed by atoms with E-state index in [0.717, 1.165) is 28.8 Å². The van der Waals surface area contributed by atoms with Gasteiger partial charge < -0.3 is 5.32 Å². The summed E-state index contributed by atoms with van der Waals surface area (Å²) < 4.78 is 1.62. The fourth-order valence-electron chi connectivity index (χ4n) is 2.77. The molecule has 1 atom stereocenters. The Morgan fingerprint density at radius 3 is 2.70 bits per heavy atom. The number of rotatable bonds is 4. The van der Waals surface area contributed by atoms with Gasteiger partial charge in [-0.15, -0.1) is 0 Å². The van der Waals surface area contributed by atoms with Gasteiger partial charge in [0.1, 0.15) is 0 Å². The van der Waals surface area contributed by atoms with Gasteiger partial charge in [0.2, 0.25) is 5.82 Å². The molecule has 0 saturated heterocycles. The number of benzene rings is 1. The molecule has 1 aromatic carbocycles. The van der Waals surface area contributed by atoms with Crippen molar-refractivity contribution in [1.82, 2.24) is 19.9 Å². The molecule has 1 N–H and O–H groups in total. The van der Waals surface area contributed by atoms with E-state index in [9.17, 15) is 4.79 Å². The van der Waals surface area contributed by atoms with E-state index in [4.69, 9.17) is 0 Å². The van der Waals surface area contributed by atoms with Crippen LogP contribution in [0.25, 0.3) is 5.52 Å². The van der Waals surface area contributed by atoms with Crippen LogP contribution in [0.5, 0.6) is 0 Å². The van der Waals surface area contributed by atoms with Gasteiger partial charge >= 0.3 is 0 Å². The minimum atomic E-state index is -0.210. The Morgan fingerprint density at radius 1 is 1.26 bits per heavy atom. The summed E-state index contributed by atoms with van der Waals surface area (Å²) in [6.07, 6.45) is 2.50. The highest BCUT2D eigenvalue weighted by molar-refractivity contribution is 5.92. The van der Waals surface area contributed by atoms with Crippen molar-refractivity contribution in [2.45, 2.75) is 33.2 Å². The van der Waals surface area contributed by atoms with Crippen LogP contribution in [0.2, 0.25) is 0 Å². The number of aryl methyl sites for hydroxylation is 2. The second kappa shape index (κ2) is 6.20. The summed E-state index contributed by atoms with van der Waals surface area (Å²) in [4.78, 5) is 16.9. The van der Waals surface area contributed by atoms with Crippen LogP contribution in [0.15, 0.2) is 42.6 Å². The fraction of sp³-hybridized carbons (Fsp3) is 0.278. The number of nitrogens with zero attached hydrogens (tertiary/aromatic N) is 3. The molecule has 2 heterocycles. The van der Waals surface area contributed by atoms with Crippen LogP contribution >= 0.6 is 0 Å². The Labute approximate surface area is 135 Å². The molecule has 118 valence electrons. The number of hydrogen-bond donors (Lipinski definition) is 1. The van der Waals surface area contributed by atoms with Crippen LogP contribution in [0, 0.1) is 13.8 Å². The maximum atomic E-state index is 12.7. The summed E-state index contributed by atoms with van der Waals surface area (Å²) in [5.74, 6) is 0.111. The largest absolute Gasteiger partial charge is 0.343 e. The zero-order chi connectivity index (χ0) is 16.4. The van der Waals surface area contributed by atoms with Gasteiger partial charge in [0.15, 0.2) is 0 Å².